The van der Waals surface area contributed by atoms with Crippen LogP contribution in [0.2, 0.25) is 0 Å². The summed E-state index contributed by atoms with van der Waals surface area (Å²) in [5, 5.41) is 3.00. The maximum absolute atomic E-state index is 13.1. The quantitative estimate of drug-likeness (QED) is 0.590. The van der Waals surface area contributed by atoms with Gasteiger partial charge in [0.25, 0.3) is 0 Å². The van der Waals surface area contributed by atoms with Crippen LogP contribution in [-0.4, -0.2) is 29.3 Å². The molecule has 0 saturated heterocycles. The molecule has 1 atom stereocenters. The Morgan fingerprint density at radius 1 is 0.929 bits per heavy atom. The average molecular weight is 381 g/mol. The molecule has 4 nitrogen and oxygen atoms in total. The van der Waals surface area contributed by atoms with Gasteiger partial charge in [0.2, 0.25) is 11.8 Å². The smallest absolute Gasteiger partial charge is 0.242 e. The summed E-state index contributed by atoms with van der Waals surface area (Å²) in [7, 11) is 0. The Hall–Kier alpha value is -2.62. The zero-order valence-corrected chi connectivity index (χ0v) is 17.1. The molecule has 0 saturated carbocycles. The summed E-state index contributed by atoms with van der Waals surface area (Å²) in [6.07, 6.45) is 3.65. The average Bonchev–Trinajstić information content (AvgIpc) is 2.73. The van der Waals surface area contributed by atoms with Crippen LogP contribution in [0.3, 0.4) is 0 Å². The van der Waals surface area contributed by atoms with Crippen molar-refractivity contribution < 1.29 is 9.59 Å². The van der Waals surface area contributed by atoms with E-state index in [0.29, 0.717) is 32.4 Å². The highest BCUT2D eigenvalue weighted by Crippen LogP contribution is 2.15. The van der Waals surface area contributed by atoms with E-state index in [1.807, 2.05) is 67.6 Å². The van der Waals surface area contributed by atoms with E-state index < -0.39 is 6.04 Å². The van der Waals surface area contributed by atoms with Crippen molar-refractivity contribution in [2.24, 2.45) is 0 Å². The van der Waals surface area contributed by atoms with E-state index >= 15 is 0 Å². The minimum absolute atomic E-state index is 0.0187. The SMILES string of the molecule is CCCCNC(=O)[C@H](CC)N(Cc1ccccc1)C(=O)CCc1ccccc1. The number of nitrogens with zero attached hydrogens (tertiary/aromatic N) is 1. The largest absolute Gasteiger partial charge is 0.354 e. The molecule has 0 fully saturated rings. The van der Waals surface area contributed by atoms with Gasteiger partial charge in [-0.3, -0.25) is 9.59 Å². The normalized spacial score (nSPS) is 11.6. The first-order valence-electron chi connectivity index (χ1n) is 10.3. The Balaban J connectivity index is 2.12. The predicted molar refractivity (Wildman–Crippen MR) is 114 cm³/mol. The lowest BCUT2D eigenvalue weighted by Crippen LogP contribution is -2.49. The van der Waals surface area contributed by atoms with Crippen LogP contribution in [0.5, 0.6) is 0 Å². The maximum Gasteiger partial charge on any atom is 0.242 e. The number of unbranched alkanes of at least 4 members (excludes halogenated alkanes) is 1. The van der Waals surface area contributed by atoms with E-state index in [4.69, 9.17) is 0 Å². The van der Waals surface area contributed by atoms with Crippen molar-refractivity contribution in [2.75, 3.05) is 6.54 Å². The van der Waals surface area contributed by atoms with Gasteiger partial charge in [-0.2, -0.15) is 0 Å². The van der Waals surface area contributed by atoms with Crippen molar-refractivity contribution >= 4 is 11.8 Å². The van der Waals surface area contributed by atoms with Crippen molar-refractivity contribution in [2.45, 2.75) is 58.5 Å². The summed E-state index contributed by atoms with van der Waals surface area (Å²) in [5.74, 6) is -0.0369. The molecule has 2 amide bonds. The van der Waals surface area contributed by atoms with Gasteiger partial charge in [0.05, 0.1) is 0 Å². The molecule has 0 unspecified atom stereocenters. The van der Waals surface area contributed by atoms with Crippen LogP contribution in [0.25, 0.3) is 0 Å². The second-order valence-electron chi connectivity index (χ2n) is 7.06. The molecule has 0 heterocycles. The molecule has 150 valence electrons. The number of nitrogens with one attached hydrogen (secondary N) is 1. The Bertz CT molecular complexity index is 716. The Morgan fingerprint density at radius 3 is 2.11 bits per heavy atom. The highest BCUT2D eigenvalue weighted by atomic mass is 16.2. The van der Waals surface area contributed by atoms with Gasteiger partial charge < -0.3 is 10.2 Å². The number of amides is 2. The molecule has 2 aromatic rings. The molecule has 2 rings (SSSR count). The van der Waals surface area contributed by atoms with Crippen molar-refractivity contribution in [3.8, 4) is 0 Å². The van der Waals surface area contributed by atoms with Gasteiger partial charge in [-0.15, -0.1) is 0 Å². The lowest BCUT2D eigenvalue weighted by molar-refractivity contribution is -0.141. The van der Waals surface area contributed by atoms with E-state index in [2.05, 4.69) is 12.2 Å². The number of rotatable bonds is 11. The van der Waals surface area contributed by atoms with Gasteiger partial charge in [-0.1, -0.05) is 80.9 Å². The third kappa shape index (κ3) is 6.84. The van der Waals surface area contributed by atoms with Crippen LogP contribution in [0, 0.1) is 0 Å². The number of carbonyl (C=O) groups excluding carboxylic acids is 2. The molecular weight excluding hydrogens is 348 g/mol. The summed E-state index contributed by atoms with van der Waals surface area (Å²) in [6.45, 7) is 5.17. The Labute approximate surface area is 169 Å². The van der Waals surface area contributed by atoms with Crippen LogP contribution in [0.4, 0.5) is 0 Å². The van der Waals surface area contributed by atoms with Crippen LogP contribution in [-0.2, 0) is 22.6 Å². The van der Waals surface area contributed by atoms with Crippen LogP contribution < -0.4 is 5.32 Å². The third-order valence-corrected chi connectivity index (χ3v) is 4.88. The number of aryl methyl sites for hydroxylation is 1. The highest BCUT2D eigenvalue weighted by molar-refractivity contribution is 5.87. The zero-order valence-electron chi connectivity index (χ0n) is 17.1. The van der Waals surface area contributed by atoms with Crippen LogP contribution in [0.1, 0.15) is 50.7 Å². The lowest BCUT2D eigenvalue weighted by atomic mass is 10.1. The van der Waals surface area contributed by atoms with Crippen LogP contribution in [0.15, 0.2) is 60.7 Å². The van der Waals surface area contributed by atoms with Crippen molar-refractivity contribution in [3.63, 3.8) is 0 Å². The molecular formula is C24H32N2O2. The number of carbonyl (C=O) groups is 2. The predicted octanol–water partition coefficient (Wildman–Crippen LogP) is 4.34. The molecule has 1 N–H and O–H groups in total. The first kappa shape index (κ1) is 21.7. The van der Waals surface area contributed by atoms with Gasteiger partial charge >= 0.3 is 0 Å². The third-order valence-electron chi connectivity index (χ3n) is 4.88. The Morgan fingerprint density at radius 2 is 1.54 bits per heavy atom. The summed E-state index contributed by atoms with van der Waals surface area (Å²) in [6, 6.07) is 19.4. The second kappa shape index (κ2) is 12.0. The standard InChI is InChI=1S/C24H32N2O2/c1-3-5-18-25-24(28)22(4-2)26(19-21-14-10-7-11-15-21)23(27)17-16-20-12-8-6-9-13-20/h6-15,22H,3-5,16-19H2,1-2H3,(H,25,28)/t22-/m0/s1. The number of benzene rings is 2. The fourth-order valence-electron chi connectivity index (χ4n) is 3.25. The molecule has 2 aromatic carbocycles. The topological polar surface area (TPSA) is 49.4 Å². The van der Waals surface area contributed by atoms with E-state index in [0.717, 1.165) is 24.0 Å². The highest BCUT2D eigenvalue weighted by Gasteiger charge is 2.28. The first-order chi connectivity index (χ1) is 13.7. The Kier molecular flexibility index (Phi) is 9.26. The molecule has 0 bridgehead atoms. The van der Waals surface area contributed by atoms with E-state index in [9.17, 15) is 9.59 Å². The first-order valence-corrected chi connectivity index (χ1v) is 10.3. The molecule has 28 heavy (non-hydrogen) atoms. The fourth-order valence-corrected chi connectivity index (χ4v) is 3.25. The summed E-state index contributed by atoms with van der Waals surface area (Å²) >= 11 is 0. The molecule has 0 aliphatic heterocycles. The van der Waals surface area contributed by atoms with Crippen LogP contribution >= 0.6 is 0 Å². The van der Waals surface area contributed by atoms with Crippen molar-refractivity contribution in [1.82, 2.24) is 10.2 Å². The minimum Gasteiger partial charge on any atom is -0.354 e. The second-order valence-corrected chi connectivity index (χ2v) is 7.06. The maximum atomic E-state index is 13.1. The summed E-state index contributed by atoms with van der Waals surface area (Å²) in [4.78, 5) is 27.6. The molecule has 4 heteroatoms. The van der Waals surface area contributed by atoms with E-state index in [1.54, 1.807) is 4.90 Å². The summed E-state index contributed by atoms with van der Waals surface area (Å²) < 4.78 is 0. The molecule has 0 spiro atoms. The monoisotopic (exact) mass is 380 g/mol. The molecule has 0 aromatic heterocycles. The van der Waals surface area contributed by atoms with Gasteiger partial charge in [-0.05, 0) is 30.4 Å². The van der Waals surface area contributed by atoms with Gasteiger partial charge in [0, 0.05) is 19.5 Å². The van der Waals surface area contributed by atoms with Crippen molar-refractivity contribution in [1.29, 1.82) is 0 Å². The van der Waals surface area contributed by atoms with Gasteiger partial charge in [-0.25, -0.2) is 0 Å². The molecule has 0 aliphatic carbocycles. The van der Waals surface area contributed by atoms with Crippen molar-refractivity contribution in [3.05, 3.63) is 71.8 Å². The van der Waals surface area contributed by atoms with Gasteiger partial charge in [0.1, 0.15) is 6.04 Å². The summed E-state index contributed by atoms with van der Waals surface area (Å²) in [5.41, 5.74) is 2.17. The van der Waals surface area contributed by atoms with E-state index in [1.165, 1.54) is 0 Å². The van der Waals surface area contributed by atoms with Gasteiger partial charge in [0.15, 0.2) is 0 Å². The fraction of sp³-hybridized carbons (Fsp3) is 0.417. The van der Waals surface area contributed by atoms with E-state index in [-0.39, 0.29) is 11.8 Å². The minimum atomic E-state index is -0.444. The lowest BCUT2D eigenvalue weighted by Gasteiger charge is -2.30. The zero-order chi connectivity index (χ0) is 20.2. The molecule has 0 radical (unpaired) electrons. The number of hydrogen-bond acceptors (Lipinski definition) is 2. The number of hydrogen-bond donors (Lipinski definition) is 1. The molecule has 0 aliphatic rings.